The smallest absolute Gasteiger partial charge is 0.259 e. The topological polar surface area (TPSA) is 64.2 Å². The summed E-state index contributed by atoms with van der Waals surface area (Å²) in [6, 6.07) is 12.5. The molecular weight excluding hydrogens is 328 g/mol. The molecule has 0 saturated heterocycles. The molecule has 0 saturated carbocycles. The van der Waals surface area contributed by atoms with Gasteiger partial charge < -0.3 is 14.5 Å². The van der Waals surface area contributed by atoms with Gasteiger partial charge in [-0.25, -0.2) is 4.98 Å². The first-order valence-electron chi connectivity index (χ1n) is 7.20. The minimum Gasteiger partial charge on any atom is -0.497 e. The molecule has 1 heterocycles. The maximum Gasteiger partial charge on any atom is 0.259 e. The maximum atomic E-state index is 12.1. The minimum atomic E-state index is -0.231. The van der Waals surface area contributed by atoms with E-state index in [1.54, 1.807) is 44.6 Å². The molecule has 0 aliphatic rings. The Hall–Kier alpha value is -2.79. The van der Waals surface area contributed by atoms with Crippen LogP contribution in [0.15, 0.2) is 47.3 Å². The number of ether oxygens (including phenoxy) is 2. The average molecular weight is 343 g/mol. The lowest BCUT2D eigenvalue weighted by Crippen LogP contribution is -2.10. The number of benzene rings is 2. The first kappa shape index (κ1) is 16.1. The SMILES string of the molecule is COc1cc(/C=C(\Cl)c2nc3ccccc3c(=O)[nH]2)cc(OC)c1. The molecule has 1 aromatic heterocycles. The highest BCUT2D eigenvalue weighted by atomic mass is 35.5. The molecule has 6 heteroatoms. The lowest BCUT2D eigenvalue weighted by atomic mass is 10.2. The van der Waals surface area contributed by atoms with Crippen LogP contribution >= 0.6 is 11.6 Å². The van der Waals surface area contributed by atoms with E-state index in [4.69, 9.17) is 21.1 Å². The molecule has 0 aliphatic carbocycles. The number of fused-ring (bicyclic) bond motifs is 1. The van der Waals surface area contributed by atoms with Crippen molar-refractivity contribution in [3.63, 3.8) is 0 Å². The first-order valence-corrected chi connectivity index (χ1v) is 7.58. The molecular formula is C18H15ClN2O3. The normalized spacial score (nSPS) is 11.5. The largest absolute Gasteiger partial charge is 0.497 e. The van der Waals surface area contributed by atoms with Crippen LogP contribution in [0, 0.1) is 0 Å². The molecule has 0 fully saturated rings. The molecule has 0 atom stereocenters. The average Bonchev–Trinajstić information content (AvgIpc) is 2.61. The van der Waals surface area contributed by atoms with Gasteiger partial charge in [-0.3, -0.25) is 4.79 Å². The number of methoxy groups -OCH3 is 2. The predicted molar refractivity (Wildman–Crippen MR) is 95.6 cm³/mol. The fraction of sp³-hybridized carbons (Fsp3) is 0.111. The quantitative estimate of drug-likeness (QED) is 0.785. The Labute approximate surface area is 143 Å². The summed E-state index contributed by atoms with van der Waals surface area (Å²) in [6.07, 6.45) is 1.69. The number of nitrogens with one attached hydrogen (secondary N) is 1. The number of H-pyrrole nitrogens is 1. The van der Waals surface area contributed by atoms with Crippen molar-refractivity contribution in [2.45, 2.75) is 0 Å². The lowest BCUT2D eigenvalue weighted by Gasteiger charge is -2.07. The second-order valence-electron chi connectivity index (χ2n) is 5.07. The van der Waals surface area contributed by atoms with Crippen molar-refractivity contribution in [1.82, 2.24) is 9.97 Å². The number of halogens is 1. The zero-order chi connectivity index (χ0) is 17.1. The number of aromatic amines is 1. The van der Waals surface area contributed by atoms with Crippen LogP contribution in [-0.2, 0) is 0 Å². The summed E-state index contributed by atoms with van der Waals surface area (Å²) in [5, 5.41) is 0.835. The molecule has 1 N–H and O–H groups in total. The number of hydrogen-bond donors (Lipinski definition) is 1. The molecule has 0 aliphatic heterocycles. The summed E-state index contributed by atoms with van der Waals surface area (Å²) in [5.41, 5.74) is 1.13. The summed E-state index contributed by atoms with van der Waals surface area (Å²) in [6.45, 7) is 0. The van der Waals surface area contributed by atoms with Crippen LogP contribution in [0.25, 0.3) is 22.0 Å². The van der Waals surface area contributed by atoms with Crippen LogP contribution in [-0.4, -0.2) is 24.2 Å². The molecule has 0 bridgehead atoms. The monoisotopic (exact) mass is 342 g/mol. The van der Waals surface area contributed by atoms with Gasteiger partial charge in [-0.1, -0.05) is 23.7 Å². The van der Waals surface area contributed by atoms with Gasteiger partial charge in [0.25, 0.3) is 5.56 Å². The van der Waals surface area contributed by atoms with Crippen LogP contribution in [0.4, 0.5) is 0 Å². The van der Waals surface area contributed by atoms with Crippen LogP contribution in [0.2, 0.25) is 0 Å². The van der Waals surface area contributed by atoms with Gasteiger partial charge >= 0.3 is 0 Å². The van der Waals surface area contributed by atoms with Gasteiger partial charge in [0, 0.05) is 6.07 Å². The van der Waals surface area contributed by atoms with Gasteiger partial charge in [0.1, 0.15) is 11.5 Å². The highest BCUT2D eigenvalue weighted by Crippen LogP contribution is 2.26. The molecule has 0 radical (unpaired) electrons. The molecule has 5 nitrogen and oxygen atoms in total. The molecule has 3 aromatic rings. The van der Waals surface area contributed by atoms with Crippen molar-refractivity contribution in [1.29, 1.82) is 0 Å². The number of rotatable bonds is 4. The third kappa shape index (κ3) is 3.26. The minimum absolute atomic E-state index is 0.231. The summed E-state index contributed by atoms with van der Waals surface area (Å²) in [7, 11) is 3.15. The van der Waals surface area contributed by atoms with Gasteiger partial charge in [-0.15, -0.1) is 0 Å². The molecule has 3 rings (SSSR count). The van der Waals surface area contributed by atoms with E-state index in [0.29, 0.717) is 33.3 Å². The van der Waals surface area contributed by atoms with E-state index in [1.807, 2.05) is 18.2 Å². The summed E-state index contributed by atoms with van der Waals surface area (Å²) < 4.78 is 10.5. The Morgan fingerprint density at radius 3 is 2.46 bits per heavy atom. The van der Waals surface area contributed by atoms with E-state index in [1.165, 1.54) is 0 Å². The molecule has 2 aromatic carbocycles. The zero-order valence-corrected chi connectivity index (χ0v) is 13.9. The van der Waals surface area contributed by atoms with Gasteiger partial charge in [-0.2, -0.15) is 0 Å². The summed E-state index contributed by atoms with van der Waals surface area (Å²) in [4.78, 5) is 19.2. The highest BCUT2D eigenvalue weighted by molar-refractivity contribution is 6.50. The Bertz CT molecular complexity index is 957. The second kappa shape index (κ2) is 6.76. The van der Waals surface area contributed by atoms with E-state index in [0.717, 1.165) is 5.56 Å². The Balaban J connectivity index is 2.07. The number of nitrogens with zero attached hydrogens (tertiary/aromatic N) is 1. The van der Waals surface area contributed by atoms with E-state index in [-0.39, 0.29) is 5.56 Å². The van der Waals surface area contributed by atoms with Crippen molar-refractivity contribution in [2.75, 3.05) is 14.2 Å². The van der Waals surface area contributed by atoms with Crippen molar-refractivity contribution in [2.24, 2.45) is 0 Å². The standard InChI is InChI=1S/C18H15ClN2O3/c1-23-12-7-11(8-13(10-12)24-2)9-15(19)17-20-16-6-4-3-5-14(16)18(22)21-17/h3-10H,1-2H3,(H,20,21,22)/b15-9-. The summed E-state index contributed by atoms with van der Waals surface area (Å²) in [5.74, 6) is 1.59. The lowest BCUT2D eigenvalue weighted by molar-refractivity contribution is 0.394. The van der Waals surface area contributed by atoms with Crippen molar-refractivity contribution in [3.8, 4) is 11.5 Å². The Kier molecular flexibility index (Phi) is 4.53. The van der Waals surface area contributed by atoms with Gasteiger partial charge in [0.15, 0.2) is 5.82 Å². The predicted octanol–water partition coefficient (Wildman–Crippen LogP) is 3.68. The molecule has 0 amide bonds. The zero-order valence-electron chi connectivity index (χ0n) is 13.2. The first-order chi connectivity index (χ1) is 11.6. The van der Waals surface area contributed by atoms with Crippen LogP contribution < -0.4 is 15.0 Å². The maximum absolute atomic E-state index is 12.1. The fourth-order valence-corrected chi connectivity index (χ4v) is 2.54. The van der Waals surface area contributed by atoms with Crippen LogP contribution in [0.3, 0.4) is 0 Å². The Morgan fingerprint density at radius 1 is 1.12 bits per heavy atom. The van der Waals surface area contributed by atoms with Crippen molar-refractivity contribution >= 4 is 33.6 Å². The van der Waals surface area contributed by atoms with Crippen molar-refractivity contribution in [3.05, 3.63) is 64.2 Å². The molecule has 24 heavy (non-hydrogen) atoms. The molecule has 122 valence electrons. The van der Waals surface area contributed by atoms with E-state index in [2.05, 4.69) is 9.97 Å². The van der Waals surface area contributed by atoms with E-state index < -0.39 is 0 Å². The third-order valence-corrected chi connectivity index (χ3v) is 3.79. The van der Waals surface area contributed by atoms with Gasteiger partial charge in [0.2, 0.25) is 0 Å². The Morgan fingerprint density at radius 2 is 1.79 bits per heavy atom. The number of para-hydroxylation sites is 1. The van der Waals surface area contributed by atoms with Crippen LogP contribution in [0.1, 0.15) is 11.4 Å². The second-order valence-corrected chi connectivity index (χ2v) is 5.48. The van der Waals surface area contributed by atoms with Gasteiger partial charge in [-0.05, 0) is 35.9 Å². The van der Waals surface area contributed by atoms with Crippen molar-refractivity contribution < 1.29 is 9.47 Å². The van der Waals surface area contributed by atoms with Crippen LogP contribution in [0.5, 0.6) is 11.5 Å². The fourth-order valence-electron chi connectivity index (χ4n) is 2.33. The van der Waals surface area contributed by atoms with Gasteiger partial charge in [0.05, 0.1) is 30.2 Å². The number of aromatic nitrogens is 2. The van der Waals surface area contributed by atoms with E-state index in [9.17, 15) is 4.79 Å². The molecule has 0 spiro atoms. The van der Waals surface area contributed by atoms with E-state index >= 15 is 0 Å². The molecule has 0 unspecified atom stereocenters. The number of hydrogen-bond acceptors (Lipinski definition) is 4. The highest BCUT2D eigenvalue weighted by Gasteiger charge is 2.07. The summed E-state index contributed by atoms with van der Waals surface area (Å²) >= 11 is 6.35. The third-order valence-electron chi connectivity index (χ3n) is 3.51.